The lowest BCUT2D eigenvalue weighted by molar-refractivity contribution is 0.588. The summed E-state index contributed by atoms with van der Waals surface area (Å²) in [7, 11) is 0.518. The Labute approximate surface area is 51.7 Å². The molecule has 0 saturated carbocycles. The van der Waals surface area contributed by atoms with Gasteiger partial charge in [-0.1, -0.05) is 13.3 Å². The summed E-state index contributed by atoms with van der Waals surface area (Å²) in [6.07, 6.45) is 1.21. The van der Waals surface area contributed by atoms with Gasteiger partial charge in [0, 0.05) is 8.55 Å². The van der Waals surface area contributed by atoms with Crippen molar-refractivity contribution in [2.45, 2.75) is 19.4 Å². The van der Waals surface area contributed by atoms with Crippen LogP contribution in [0.2, 0.25) is 6.04 Å². The third-order valence-corrected chi connectivity index (χ3v) is 15.8. The lowest BCUT2D eigenvalue weighted by Crippen LogP contribution is -2.21. The van der Waals surface area contributed by atoms with Gasteiger partial charge in [0.05, 0.1) is 0 Å². The van der Waals surface area contributed by atoms with Crippen LogP contribution in [0.4, 0.5) is 0 Å². The summed E-state index contributed by atoms with van der Waals surface area (Å²) >= 11 is 0. The van der Waals surface area contributed by atoms with Gasteiger partial charge in [-0.05, 0) is 15.8 Å². The van der Waals surface area contributed by atoms with Crippen LogP contribution in [0, 0.1) is 0 Å². The molecule has 0 radical (unpaired) electrons. The third kappa shape index (κ3) is 4.46. The molecule has 0 bridgehead atoms. The molecule has 0 saturated heterocycles. The first-order chi connectivity index (χ1) is 3.31. The molecule has 1 atom stereocenters. The molecule has 0 fully saturated rings. The zero-order valence-electron chi connectivity index (χ0n) is 5.15. The minimum Gasteiger partial charge on any atom is -0.439 e. The van der Waals surface area contributed by atoms with E-state index >= 15 is 0 Å². The van der Waals surface area contributed by atoms with Gasteiger partial charge < -0.3 is 4.80 Å². The first-order valence-electron chi connectivity index (χ1n) is 2.99. The van der Waals surface area contributed by atoms with Crippen LogP contribution < -0.4 is 0 Å². The van der Waals surface area contributed by atoms with E-state index in [-0.39, 0.29) is 8.55 Å². The third-order valence-electron chi connectivity index (χ3n) is 1.09. The molecule has 0 aromatic heterocycles. The minimum absolute atomic E-state index is 0.161. The van der Waals surface area contributed by atoms with Gasteiger partial charge in [-0.3, -0.25) is 0 Å². The van der Waals surface area contributed by atoms with Crippen LogP contribution >= 0.6 is 0 Å². The van der Waals surface area contributed by atoms with Gasteiger partial charge in [0.2, 0.25) is 0 Å². The lowest BCUT2D eigenvalue weighted by atomic mass is 10.6. The molecule has 1 unspecified atom stereocenters. The molecule has 0 heterocycles. The average Bonchev–Trinajstić information content (AvgIpc) is 1.68. The normalized spacial score (nSPS) is 16.3. The predicted octanol–water partition coefficient (Wildman–Crippen LogP) is -1.94. The molecule has 0 aliphatic rings. The van der Waals surface area contributed by atoms with E-state index in [1.54, 1.807) is 0 Å². The van der Waals surface area contributed by atoms with Crippen LogP contribution in [0.15, 0.2) is 0 Å². The Balaban J connectivity index is 2.83. The maximum absolute atomic E-state index is 9.09. The Bertz CT molecular complexity index is 41.2. The van der Waals surface area contributed by atoms with E-state index in [9.17, 15) is 0 Å². The van der Waals surface area contributed by atoms with Crippen LogP contribution in [-0.4, -0.2) is 31.7 Å². The molecule has 0 aromatic carbocycles. The number of hydrogen-bond acceptors (Lipinski definition) is 1. The summed E-state index contributed by atoms with van der Waals surface area (Å²) in [5.41, 5.74) is 0. The van der Waals surface area contributed by atoms with Gasteiger partial charge in [0.15, 0.2) is 0 Å². The summed E-state index contributed by atoms with van der Waals surface area (Å²) in [5.74, 6) is 0. The van der Waals surface area contributed by atoms with Crippen molar-refractivity contribution < 1.29 is 4.80 Å². The fourth-order valence-electron chi connectivity index (χ4n) is 0.537. The standard InChI is InChI=1S/C3H14OSi3/c1-2-3-7(4)6-5/h4,7H,2-3,6H2,1,5H3. The van der Waals surface area contributed by atoms with Crippen molar-refractivity contribution in [2.75, 3.05) is 0 Å². The van der Waals surface area contributed by atoms with Crippen molar-refractivity contribution in [2.24, 2.45) is 0 Å². The summed E-state index contributed by atoms with van der Waals surface area (Å²) in [4.78, 5) is 9.09. The maximum Gasteiger partial charge on any atom is 0.150 e. The highest BCUT2D eigenvalue weighted by Gasteiger charge is 1.98. The molecule has 1 nitrogen and oxygen atoms in total. The topological polar surface area (TPSA) is 20.2 Å². The lowest BCUT2D eigenvalue weighted by Gasteiger charge is -1.98. The highest BCUT2D eigenvalue weighted by Crippen LogP contribution is 1.88. The molecule has 0 aliphatic heterocycles. The largest absolute Gasteiger partial charge is 0.439 e. The molecular formula is C3H14OSi3. The maximum atomic E-state index is 9.09. The fourth-order valence-corrected chi connectivity index (χ4v) is 7.74. The molecule has 7 heavy (non-hydrogen) atoms. The van der Waals surface area contributed by atoms with E-state index in [2.05, 4.69) is 6.92 Å². The van der Waals surface area contributed by atoms with Gasteiger partial charge >= 0.3 is 0 Å². The van der Waals surface area contributed by atoms with Crippen molar-refractivity contribution in [3.63, 3.8) is 0 Å². The average molecular weight is 150 g/mol. The molecule has 44 valence electrons. The molecule has 1 N–H and O–H groups in total. The summed E-state index contributed by atoms with van der Waals surface area (Å²) in [6, 6.07) is 1.19. The smallest absolute Gasteiger partial charge is 0.150 e. The second-order valence-electron chi connectivity index (χ2n) is 1.85. The first-order valence-corrected chi connectivity index (χ1v) is 13.2. The quantitative estimate of drug-likeness (QED) is 0.464. The van der Waals surface area contributed by atoms with E-state index in [1.807, 2.05) is 0 Å². The number of hydrogen-bond donors (Lipinski definition) is 1. The monoisotopic (exact) mass is 150 g/mol. The van der Waals surface area contributed by atoms with Crippen molar-refractivity contribution in [3.8, 4) is 0 Å². The molecule has 0 aliphatic carbocycles. The fraction of sp³-hybridized carbons (Fsp3) is 1.00. The van der Waals surface area contributed by atoms with Crippen molar-refractivity contribution >= 4 is 26.9 Å². The Morgan fingerprint density at radius 1 is 1.86 bits per heavy atom. The van der Waals surface area contributed by atoms with Crippen LogP contribution in [0.25, 0.3) is 0 Å². The van der Waals surface area contributed by atoms with Gasteiger partial charge in [-0.25, -0.2) is 0 Å². The number of rotatable bonds is 3. The molecular weight excluding hydrogens is 136 g/mol. The highest BCUT2D eigenvalue weighted by atomic mass is 29.5. The second kappa shape index (κ2) is 4.76. The van der Waals surface area contributed by atoms with Crippen molar-refractivity contribution in [1.29, 1.82) is 0 Å². The van der Waals surface area contributed by atoms with E-state index in [1.165, 1.54) is 22.2 Å². The molecule has 0 spiro atoms. The molecule has 0 amide bonds. The van der Waals surface area contributed by atoms with Crippen molar-refractivity contribution in [1.82, 2.24) is 0 Å². The molecule has 0 rings (SSSR count). The SMILES string of the molecule is CCC[SiH](O)[SiH2][SiH3]. The highest BCUT2D eigenvalue weighted by molar-refractivity contribution is 7.28. The van der Waals surface area contributed by atoms with E-state index in [4.69, 9.17) is 4.80 Å². The molecule has 0 aromatic rings. The minimum atomic E-state index is -0.981. The van der Waals surface area contributed by atoms with E-state index in [0.717, 1.165) is 0 Å². The zero-order chi connectivity index (χ0) is 5.70. The second-order valence-corrected chi connectivity index (χ2v) is 17.2. The predicted molar refractivity (Wildman–Crippen MR) is 42.9 cm³/mol. The first kappa shape index (κ1) is 7.61. The van der Waals surface area contributed by atoms with Gasteiger partial charge in [-0.15, -0.1) is 0 Å². The van der Waals surface area contributed by atoms with Gasteiger partial charge in [0.25, 0.3) is 0 Å². The summed E-state index contributed by atoms with van der Waals surface area (Å²) in [6.45, 7) is 2.15. The van der Waals surface area contributed by atoms with Crippen LogP contribution in [0.1, 0.15) is 13.3 Å². The Hall–Kier alpha value is 0.611. The van der Waals surface area contributed by atoms with E-state index < -0.39 is 8.56 Å². The summed E-state index contributed by atoms with van der Waals surface area (Å²) in [5, 5.41) is 0. The van der Waals surface area contributed by atoms with Gasteiger partial charge in [-0.2, -0.15) is 0 Å². The van der Waals surface area contributed by atoms with Crippen LogP contribution in [-0.2, 0) is 0 Å². The van der Waals surface area contributed by atoms with Gasteiger partial charge in [0.1, 0.15) is 8.56 Å². The summed E-state index contributed by atoms with van der Waals surface area (Å²) < 4.78 is 0. The van der Waals surface area contributed by atoms with Crippen molar-refractivity contribution in [3.05, 3.63) is 0 Å². The molecule has 4 heteroatoms. The van der Waals surface area contributed by atoms with E-state index in [0.29, 0.717) is 0 Å². The van der Waals surface area contributed by atoms with Crippen LogP contribution in [0.5, 0.6) is 0 Å². The zero-order valence-corrected chi connectivity index (χ0v) is 9.71. The Morgan fingerprint density at radius 3 is 2.57 bits per heavy atom. The Morgan fingerprint density at radius 2 is 2.43 bits per heavy atom. The Kier molecular flexibility index (Phi) is 5.18. The van der Waals surface area contributed by atoms with Crippen LogP contribution in [0.3, 0.4) is 0 Å².